The molecule has 3 aromatic rings. The van der Waals surface area contributed by atoms with Crippen molar-refractivity contribution < 1.29 is 19.2 Å². The van der Waals surface area contributed by atoms with Crippen LogP contribution in [-0.2, 0) is 19.9 Å². The molecule has 1 aliphatic heterocycles. The fourth-order valence-corrected chi connectivity index (χ4v) is 4.31. The van der Waals surface area contributed by atoms with Crippen molar-refractivity contribution in [3.05, 3.63) is 69.6 Å². The number of hydrogen-bond acceptors (Lipinski definition) is 3. The molecule has 2 N–H and O–H groups in total. The first-order valence-electron chi connectivity index (χ1n) is 9.20. The van der Waals surface area contributed by atoms with E-state index in [1.807, 2.05) is 24.3 Å². The Labute approximate surface area is 171 Å². The molecule has 6 nitrogen and oxygen atoms in total. The third-order valence-corrected chi connectivity index (χ3v) is 5.85. The van der Waals surface area contributed by atoms with Crippen molar-refractivity contribution in [2.75, 3.05) is 13.1 Å². The fourth-order valence-electron chi connectivity index (χ4n) is 3.94. The number of benzene rings is 2. The van der Waals surface area contributed by atoms with E-state index in [4.69, 9.17) is 16.8 Å². The minimum Gasteiger partial charge on any atom is -0.338 e. The number of carbonyl (C=O) groups excluding carboxylic acids is 2. The van der Waals surface area contributed by atoms with Crippen molar-refractivity contribution in [2.24, 2.45) is 7.05 Å². The number of hydrogen-bond donors (Lipinski definition) is 2. The molecule has 0 atom stereocenters. The summed E-state index contributed by atoms with van der Waals surface area (Å²) >= 11 is 6.51. The Morgan fingerprint density at radius 3 is 2.62 bits per heavy atom. The molecular weight excluding hydrogens is 397 g/mol. The third kappa shape index (κ3) is 3.26. The van der Waals surface area contributed by atoms with Crippen LogP contribution in [-0.4, -0.2) is 39.6 Å². The zero-order chi connectivity index (χ0) is 20.7. The zero-order valence-electron chi connectivity index (χ0n) is 15.7. The molecule has 0 bridgehead atoms. The highest BCUT2D eigenvalue weighted by atomic mass is 35.5. The summed E-state index contributed by atoms with van der Waals surface area (Å²) in [7, 11) is 1.80. The van der Waals surface area contributed by atoms with Gasteiger partial charge in [0.1, 0.15) is 11.5 Å². The summed E-state index contributed by atoms with van der Waals surface area (Å²) in [6, 6.07) is 10.2. The molecule has 2 aromatic carbocycles. The molecule has 29 heavy (non-hydrogen) atoms. The number of carbonyl (C=O) groups is 2. The van der Waals surface area contributed by atoms with Gasteiger partial charge in [0.15, 0.2) is 0 Å². The molecule has 150 valence electrons. The molecule has 1 aromatic heterocycles. The second kappa shape index (κ2) is 7.50. The number of aryl methyl sites for hydroxylation is 1. The lowest BCUT2D eigenvalue weighted by molar-refractivity contribution is 0.0705. The Morgan fingerprint density at radius 2 is 1.90 bits per heavy atom. The Bertz CT molecular complexity index is 1100. The van der Waals surface area contributed by atoms with E-state index in [0.717, 1.165) is 17.0 Å². The highest BCUT2D eigenvalue weighted by Crippen LogP contribution is 2.31. The molecule has 0 unspecified atom stereocenters. The molecule has 2 amide bonds. The molecule has 8 heteroatoms. The number of para-hydroxylation sites is 1. The maximum atomic E-state index is 14.5. The second-order valence-electron chi connectivity index (χ2n) is 7.07. The molecule has 0 saturated heterocycles. The van der Waals surface area contributed by atoms with E-state index in [1.54, 1.807) is 22.6 Å². The van der Waals surface area contributed by atoms with E-state index >= 15 is 0 Å². The first kappa shape index (κ1) is 19.4. The minimum atomic E-state index is -0.772. The first-order valence-corrected chi connectivity index (χ1v) is 9.58. The summed E-state index contributed by atoms with van der Waals surface area (Å²) in [5.41, 5.74) is 3.97. The van der Waals surface area contributed by atoms with Crippen LogP contribution in [0.3, 0.4) is 0 Å². The van der Waals surface area contributed by atoms with Crippen molar-refractivity contribution in [1.29, 1.82) is 0 Å². The van der Waals surface area contributed by atoms with Gasteiger partial charge in [0.05, 0.1) is 5.02 Å². The van der Waals surface area contributed by atoms with Gasteiger partial charge in [-0.1, -0.05) is 29.8 Å². The highest BCUT2D eigenvalue weighted by molar-refractivity contribution is 6.38. The summed E-state index contributed by atoms with van der Waals surface area (Å²) in [6.07, 6.45) is 0.724. The predicted octanol–water partition coefficient (Wildman–Crippen LogP) is 3.33. The van der Waals surface area contributed by atoms with Gasteiger partial charge in [-0.15, -0.1) is 0 Å². The molecule has 0 saturated carbocycles. The number of nitrogens with one attached hydrogen (secondary N) is 1. The van der Waals surface area contributed by atoms with Crippen LogP contribution in [0.25, 0.3) is 10.9 Å². The average Bonchev–Trinajstić information content (AvgIpc) is 2.87. The number of fused-ring (bicyclic) bond motifs is 2. The number of nitrogens with zero attached hydrogens (tertiary/aromatic N) is 2. The van der Waals surface area contributed by atoms with E-state index in [1.165, 1.54) is 5.48 Å². The van der Waals surface area contributed by atoms with Gasteiger partial charge in [0, 0.05) is 36.6 Å². The van der Waals surface area contributed by atoms with E-state index in [2.05, 4.69) is 0 Å². The van der Waals surface area contributed by atoms with Gasteiger partial charge in [0.2, 0.25) is 0 Å². The standard InChI is InChI=1S/C21H19ClFN3O3/c1-25-17-5-3-2-4-15(17)18(22)19(25)21(28)26-8-6-12-10-13(20(27)24-29)11-16(23)14(12)7-9-26/h2-5,10-11,29H,6-9H2,1H3,(H,24,27). The van der Waals surface area contributed by atoms with Crippen LogP contribution in [0.4, 0.5) is 4.39 Å². The maximum Gasteiger partial charge on any atom is 0.274 e. The van der Waals surface area contributed by atoms with Crippen molar-refractivity contribution in [2.45, 2.75) is 12.8 Å². The van der Waals surface area contributed by atoms with E-state index in [-0.39, 0.29) is 11.5 Å². The Morgan fingerprint density at radius 1 is 1.17 bits per heavy atom. The first-order chi connectivity index (χ1) is 13.9. The smallest absolute Gasteiger partial charge is 0.274 e. The molecular formula is C21H19ClFN3O3. The second-order valence-corrected chi connectivity index (χ2v) is 7.45. The van der Waals surface area contributed by atoms with Gasteiger partial charge in [-0.25, -0.2) is 9.87 Å². The summed E-state index contributed by atoms with van der Waals surface area (Å²) in [5, 5.41) is 10.0. The van der Waals surface area contributed by atoms with Gasteiger partial charge < -0.3 is 9.47 Å². The Kier molecular flexibility index (Phi) is 5.02. The predicted molar refractivity (Wildman–Crippen MR) is 107 cm³/mol. The lowest BCUT2D eigenvalue weighted by Gasteiger charge is -2.21. The molecule has 0 radical (unpaired) electrons. The van der Waals surface area contributed by atoms with Gasteiger partial charge >= 0.3 is 0 Å². The van der Waals surface area contributed by atoms with Gasteiger partial charge in [-0.3, -0.25) is 14.8 Å². The molecule has 4 rings (SSSR count). The van der Waals surface area contributed by atoms with Crippen molar-refractivity contribution in [1.82, 2.24) is 14.9 Å². The van der Waals surface area contributed by atoms with Crippen LogP contribution in [0.2, 0.25) is 5.02 Å². The largest absolute Gasteiger partial charge is 0.338 e. The van der Waals surface area contributed by atoms with Crippen LogP contribution in [0.15, 0.2) is 36.4 Å². The molecule has 0 aliphatic carbocycles. The SMILES string of the molecule is Cn1c(C(=O)N2CCc3cc(C(=O)NO)cc(F)c3CC2)c(Cl)c2ccccc21. The summed E-state index contributed by atoms with van der Waals surface area (Å²) in [6.45, 7) is 0.708. The average molecular weight is 416 g/mol. The lowest BCUT2D eigenvalue weighted by atomic mass is 9.99. The normalized spacial score (nSPS) is 13.9. The van der Waals surface area contributed by atoms with Crippen LogP contribution in [0, 0.1) is 5.82 Å². The van der Waals surface area contributed by atoms with E-state index in [9.17, 15) is 14.0 Å². The number of aromatic nitrogens is 1. The quantitative estimate of drug-likeness (QED) is 0.498. The van der Waals surface area contributed by atoms with Crippen molar-refractivity contribution in [3.63, 3.8) is 0 Å². The topological polar surface area (TPSA) is 74.6 Å². The van der Waals surface area contributed by atoms with Gasteiger partial charge in [-0.05, 0) is 42.2 Å². The van der Waals surface area contributed by atoms with Gasteiger partial charge in [0.25, 0.3) is 11.8 Å². The highest BCUT2D eigenvalue weighted by Gasteiger charge is 2.27. The minimum absolute atomic E-state index is 0.0419. The molecule has 0 fully saturated rings. The van der Waals surface area contributed by atoms with Crippen LogP contribution in [0.1, 0.15) is 32.0 Å². The van der Waals surface area contributed by atoms with E-state index < -0.39 is 11.7 Å². The van der Waals surface area contributed by atoms with E-state index in [0.29, 0.717) is 47.8 Å². The summed E-state index contributed by atoms with van der Waals surface area (Å²) < 4.78 is 16.3. The monoisotopic (exact) mass is 415 g/mol. The van der Waals surface area contributed by atoms with Crippen LogP contribution >= 0.6 is 11.6 Å². The Hall–Kier alpha value is -2.90. The number of rotatable bonds is 2. The third-order valence-electron chi connectivity index (χ3n) is 5.47. The zero-order valence-corrected chi connectivity index (χ0v) is 16.5. The lowest BCUT2D eigenvalue weighted by Crippen LogP contribution is -2.34. The molecule has 2 heterocycles. The van der Waals surface area contributed by atoms with Gasteiger partial charge in [-0.2, -0.15) is 0 Å². The fraction of sp³-hybridized carbons (Fsp3) is 0.238. The number of hydroxylamine groups is 1. The summed E-state index contributed by atoms with van der Waals surface area (Å²) in [5.74, 6) is -1.50. The Balaban J connectivity index is 1.65. The summed E-state index contributed by atoms with van der Waals surface area (Å²) in [4.78, 5) is 26.6. The molecule has 0 spiro atoms. The van der Waals surface area contributed by atoms with Crippen molar-refractivity contribution >= 4 is 34.3 Å². The maximum absolute atomic E-state index is 14.5. The van der Waals surface area contributed by atoms with Crippen molar-refractivity contribution in [3.8, 4) is 0 Å². The number of amides is 2. The van der Waals surface area contributed by atoms with Crippen LogP contribution < -0.4 is 5.48 Å². The molecule has 1 aliphatic rings. The number of halogens is 2. The van der Waals surface area contributed by atoms with Crippen LogP contribution in [0.5, 0.6) is 0 Å².